The second kappa shape index (κ2) is 6.23. The van der Waals surface area contributed by atoms with E-state index in [1.165, 1.54) is 0 Å². The Labute approximate surface area is 132 Å². The summed E-state index contributed by atoms with van der Waals surface area (Å²) < 4.78 is 7.05. The van der Waals surface area contributed by atoms with Crippen molar-refractivity contribution in [2.24, 2.45) is 7.05 Å². The first-order valence-corrected chi connectivity index (χ1v) is 7.42. The summed E-state index contributed by atoms with van der Waals surface area (Å²) in [5.41, 5.74) is 2.45. The number of nitrogens with zero attached hydrogens (tertiary/aromatic N) is 2. The molecule has 0 aliphatic carbocycles. The van der Waals surface area contributed by atoms with Crippen LogP contribution < -0.4 is 0 Å². The smallest absolute Gasteiger partial charge is 0.354 e. The number of hydrogen-bond acceptors (Lipinski definition) is 3. The number of carbonyl (C=O) groups excluding carboxylic acids is 1. The summed E-state index contributed by atoms with van der Waals surface area (Å²) in [5, 5.41) is 5.64. The molecule has 6 heteroatoms. The molecular weight excluding hydrogens is 302 g/mol. The minimum atomic E-state index is -0.349. The summed E-state index contributed by atoms with van der Waals surface area (Å²) in [6.07, 6.45) is 5.39. The Morgan fingerprint density at radius 1 is 1.41 bits per heavy atom. The molecule has 0 atom stereocenters. The predicted octanol–water partition coefficient (Wildman–Crippen LogP) is 3.34. The Bertz CT molecular complexity index is 807. The summed E-state index contributed by atoms with van der Waals surface area (Å²) in [6, 6.07) is 7.19. The molecule has 3 rings (SSSR count). The van der Waals surface area contributed by atoms with Gasteiger partial charge < -0.3 is 9.72 Å². The Balaban J connectivity index is 1.54. The fraction of sp³-hybridized carbons (Fsp3) is 0.250. The molecule has 0 amide bonds. The number of ether oxygens (including phenoxy) is 1. The van der Waals surface area contributed by atoms with Crippen LogP contribution in [0.2, 0.25) is 5.02 Å². The number of halogens is 1. The number of aromatic amines is 1. The number of rotatable bonds is 5. The SMILES string of the molecule is Cn1cc(CCCOC(=O)c2cc3cc(Cl)ccc3[nH]2)cn1. The summed E-state index contributed by atoms with van der Waals surface area (Å²) in [7, 11) is 1.88. The lowest BCUT2D eigenvalue weighted by atomic mass is 10.2. The molecule has 114 valence electrons. The van der Waals surface area contributed by atoms with Gasteiger partial charge in [0.05, 0.1) is 12.8 Å². The number of benzene rings is 1. The average Bonchev–Trinajstić information content (AvgIpc) is 3.09. The van der Waals surface area contributed by atoms with Crippen molar-refractivity contribution in [3.05, 3.63) is 52.9 Å². The zero-order valence-corrected chi connectivity index (χ0v) is 12.9. The first-order chi connectivity index (χ1) is 10.6. The van der Waals surface area contributed by atoms with Crippen molar-refractivity contribution in [3.8, 4) is 0 Å². The number of nitrogens with one attached hydrogen (secondary N) is 1. The molecule has 0 bridgehead atoms. The fourth-order valence-electron chi connectivity index (χ4n) is 2.33. The number of carbonyl (C=O) groups is 1. The molecule has 0 saturated heterocycles. The molecule has 0 spiro atoms. The molecular formula is C16H16ClN3O2. The van der Waals surface area contributed by atoms with Crippen LogP contribution in [0.3, 0.4) is 0 Å². The zero-order chi connectivity index (χ0) is 15.5. The molecule has 1 aromatic carbocycles. The van der Waals surface area contributed by atoms with Crippen molar-refractivity contribution in [1.82, 2.24) is 14.8 Å². The molecule has 0 saturated carbocycles. The predicted molar refractivity (Wildman–Crippen MR) is 85.1 cm³/mol. The quantitative estimate of drug-likeness (QED) is 0.580. The fourth-order valence-corrected chi connectivity index (χ4v) is 2.51. The standard InChI is InChI=1S/C16H16ClN3O2/c1-20-10-11(9-18-20)3-2-6-22-16(21)15-8-12-7-13(17)4-5-14(12)19-15/h4-5,7-10,19H,2-3,6H2,1H3. The molecule has 0 aliphatic heterocycles. The van der Waals surface area contributed by atoms with E-state index in [-0.39, 0.29) is 5.97 Å². The van der Waals surface area contributed by atoms with Crippen LogP contribution in [-0.4, -0.2) is 27.3 Å². The molecule has 3 aromatic rings. The van der Waals surface area contributed by atoms with Crippen LogP contribution in [0.1, 0.15) is 22.5 Å². The van der Waals surface area contributed by atoms with Crippen molar-refractivity contribution in [2.45, 2.75) is 12.8 Å². The molecule has 2 heterocycles. The normalized spacial score (nSPS) is 11.0. The van der Waals surface area contributed by atoms with Crippen molar-refractivity contribution < 1.29 is 9.53 Å². The van der Waals surface area contributed by atoms with Crippen molar-refractivity contribution in [3.63, 3.8) is 0 Å². The second-order valence-electron chi connectivity index (χ2n) is 5.18. The van der Waals surface area contributed by atoms with Gasteiger partial charge in [0, 0.05) is 29.2 Å². The van der Waals surface area contributed by atoms with E-state index in [2.05, 4.69) is 10.1 Å². The van der Waals surface area contributed by atoms with Crippen LogP contribution in [0.25, 0.3) is 10.9 Å². The number of esters is 1. The van der Waals surface area contributed by atoms with Gasteiger partial charge in [0.25, 0.3) is 0 Å². The van der Waals surface area contributed by atoms with Gasteiger partial charge in [-0.3, -0.25) is 4.68 Å². The highest BCUT2D eigenvalue weighted by atomic mass is 35.5. The Kier molecular flexibility index (Phi) is 4.15. The lowest BCUT2D eigenvalue weighted by molar-refractivity contribution is 0.0495. The van der Waals surface area contributed by atoms with Gasteiger partial charge >= 0.3 is 5.97 Å². The topological polar surface area (TPSA) is 59.9 Å². The van der Waals surface area contributed by atoms with Crippen LogP contribution in [0, 0.1) is 0 Å². The summed E-state index contributed by atoms with van der Waals surface area (Å²) in [6.45, 7) is 0.379. The maximum Gasteiger partial charge on any atom is 0.354 e. The van der Waals surface area contributed by atoms with Gasteiger partial charge in [0.2, 0.25) is 0 Å². The van der Waals surface area contributed by atoms with Crippen molar-refractivity contribution >= 4 is 28.5 Å². The third-order valence-electron chi connectivity index (χ3n) is 3.40. The monoisotopic (exact) mass is 317 g/mol. The van der Waals surface area contributed by atoms with E-state index in [1.54, 1.807) is 16.8 Å². The third-order valence-corrected chi connectivity index (χ3v) is 3.64. The number of fused-ring (bicyclic) bond motifs is 1. The number of aromatic nitrogens is 3. The van der Waals surface area contributed by atoms with E-state index < -0.39 is 0 Å². The third kappa shape index (κ3) is 3.31. The lowest BCUT2D eigenvalue weighted by Gasteiger charge is -2.02. The molecule has 2 aromatic heterocycles. The Morgan fingerprint density at radius 2 is 2.27 bits per heavy atom. The highest BCUT2D eigenvalue weighted by Crippen LogP contribution is 2.20. The molecule has 0 radical (unpaired) electrons. The maximum atomic E-state index is 12.0. The molecule has 5 nitrogen and oxygen atoms in total. The first kappa shape index (κ1) is 14.7. The minimum absolute atomic E-state index is 0.349. The number of aryl methyl sites for hydroxylation is 2. The van der Waals surface area contributed by atoms with Crippen molar-refractivity contribution in [1.29, 1.82) is 0 Å². The van der Waals surface area contributed by atoms with Gasteiger partial charge in [0.15, 0.2) is 0 Å². The number of H-pyrrole nitrogens is 1. The van der Waals surface area contributed by atoms with E-state index in [0.29, 0.717) is 17.3 Å². The van der Waals surface area contributed by atoms with E-state index in [0.717, 1.165) is 29.3 Å². The van der Waals surface area contributed by atoms with Gasteiger partial charge in [-0.2, -0.15) is 5.10 Å². The minimum Gasteiger partial charge on any atom is -0.461 e. The summed E-state index contributed by atoms with van der Waals surface area (Å²) in [4.78, 5) is 15.0. The van der Waals surface area contributed by atoms with Crippen LogP contribution in [0.4, 0.5) is 0 Å². The Morgan fingerprint density at radius 3 is 3.05 bits per heavy atom. The van der Waals surface area contributed by atoms with E-state index in [1.807, 2.05) is 31.6 Å². The lowest BCUT2D eigenvalue weighted by Crippen LogP contribution is -2.07. The van der Waals surface area contributed by atoms with Crippen LogP contribution in [0.5, 0.6) is 0 Å². The van der Waals surface area contributed by atoms with Crippen molar-refractivity contribution in [2.75, 3.05) is 6.61 Å². The number of hydrogen-bond donors (Lipinski definition) is 1. The van der Waals surface area contributed by atoms with Gasteiger partial charge in [0.1, 0.15) is 5.69 Å². The van der Waals surface area contributed by atoms with Gasteiger partial charge in [-0.15, -0.1) is 0 Å². The highest BCUT2D eigenvalue weighted by Gasteiger charge is 2.11. The Hall–Kier alpha value is -2.27. The highest BCUT2D eigenvalue weighted by molar-refractivity contribution is 6.31. The molecule has 22 heavy (non-hydrogen) atoms. The van der Waals surface area contributed by atoms with Gasteiger partial charge in [-0.1, -0.05) is 11.6 Å². The summed E-state index contributed by atoms with van der Waals surface area (Å²) in [5.74, 6) is -0.349. The summed E-state index contributed by atoms with van der Waals surface area (Å²) >= 11 is 5.93. The second-order valence-corrected chi connectivity index (χ2v) is 5.61. The molecule has 0 fully saturated rings. The first-order valence-electron chi connectivity index (χ1n) is 7.05. The molecule has 1 N–H and O–H groups in total. The van der Waals surface area contributed by atoms with E-state index in [4.69, 9.17) is 16.3 Å². The van der Waals surface area contributed by atoms with Gasteiger partial charge in [-0.25, -0.2) is 4.79 Å². The zero-order valence-electron chi connectivity index (χ0n) is 12.2. The maximum absolute atomic E-state index is 12.0. The average molecular weight is 318 g/mol. The molecule has 0 unspecified atom stereocenters. The van der Waals surface area contributed by atoms with Crippen LogP contribution in [-0.2, 0) is 18.2 Å². The van der Waals surface area contributed by atoms with E-state index in [9.17, 15) is 4.79 Å². The largest absolute Gasteiger partial charge is 0.461 e. The van der Waals surface area contributed by atoms with Crippen LogP contribution in [0.15, 0.2) is 36.7 Å². The molecule has 0 aliphatic rings. The van der Waals surface area contributed by atoms with Crippen LogP contribution >= 0.6 is 11.6 Å². The van der Waals surface area contributed by atoms with E-state index >= 15 is 0 Å². The van der Waals surface area contributed by atoms with Gasteiger partial charge in [-0.05, 0) is 42.7 Å².